The fourth-order valence-electron chi connectivity index (χ4n) is 8.88. The number of amides is 2. The number of nitrogens with zero attached hydrogens (tertiary/aromatic N) is 3. The van der Waals surface area contributed by atoms with Crippen molar-refractivity contribution >= 4 is 38.2 Å². The molecule has 3 heterocycles. The maximum absolute atomic E-state index is 13.7. The van der Waals surface area contributed by atoms with Crippen molar-refractivity contribution < 1.29 is 9.59 Å². The van der Waals surface area contributed by atoms with E-state index in [1.165, 1.54) is 49.9 Å². The largest absolute Gasteiger partial charge is 0.390 e. The highest BCUT2D eigenvalue weighted by atomic mass is 32.1. The first-order chi connectivity index (χ1) is 17.5. The molecule has 2 aromatic rings. The lowest BCUT2D eigenvalue weighted by molar-refractivity contribution is -0.159. The van der Waals surface area contributed by atoms with Gasteiger partial charge in [-0.1, -0.05) is 18.2 Å². The molecule has 7 heteroatoms. The summed E-state index contributed by atoms with van der Waals surface area (Å²) >= 11 is 1.50. The maximum Gasteiger partial charge on any atom is 0.257 e. The molecule has 6 aliphatic rings. The Balaban J connectivity index is 0.947. The molecular weight excluding hydrogens is 468 g/mol. The Morgan fingerprint density at radius 1 is 0.833 bits per heavy atom. The molecule has 36 heavy (non-hydrogen) atoms. The van der Waals surface area contributed by atoms with Crippen LogP contribution in [-0.2, 0) is 4.79 Å². The smallest absolute Gasteiger partial charge is 0.257 e. The van der Waals surface area contributed by atoms with Crippen molar-refractivity contribution in [2.45, 2.75) is 57.4 Å². The highest BCUT2D eigenvalue weighted by Crippen LogP contribution is 2.60. The first kappa shape index (κ1) is 23.0. The summed E-state index contributed by atoms with van der Waals surface area (Å²) < 4.78 is 1.08. The Hall–Kier alpha value is -2.12. The van der Waals surface area contributed by atoms with Crippen molar-refractivity contribution in [3.05, 3.63) is 29.8 Å². The average Bonchev–Trinajstić information content (AvgIpc) is 3.23. The molecule has 0 unspecified atom stereocenters. The molecule has 8 rings (SSSR count). The molecule has 4 saturated carbocycles. The number of hydrogen-bond donors (Lipinski definition) is 1. The van der Waals surface area contributed by atoms with Gasteiger partial charge in [0.1, 0.15) is 0 Å². The normalized spacial score (nSPS) is 32.9. The molecular formula is C29H38N4O2S. The minimum absolute atomic E-state index is 0.0127. The Morgan fingerprint density at radius 2 is 1.44 bits per heavy atom. The standard InChI is InChI=1S/C29H38N4O2S/c30-26-25(23-3-1-2-4-24(23)36-26)27(34)32-11-9-31(10-12-32)22-5-7-33(8-6-22)28(35)29-16-19-13-20(17-29)15-21(14-19)18-29/h1-4,19-22H,5-18,30H2. The van der Waals surface area contributed by atoms with E-state index in [-0.39, 0.29) is 11.3 Å². The van der Waals surface area contributed by atoms with E-state index in [4.69, 9.17) is 5.73 Å². The number of nitrogen functional groups attached to an aromatic ring is 1. The van der Waals surface area contributed by atoms with Gasteiger partial charge in [0.05, 0.1) is 16.0 Å². The number of rotatable bonds is 3. The van der Waals surface area contributed by atoms with Crippen LogP contribution in [0.2, 0.25) is 0 Å². The van der Waals surface area contributed by atoms with Crippen molar-refractivity contribution in [1.29, 1.82) is 0 Å². The summed E-state index contributed by atoms with van der Waals surface area (Å²) in [5.74, 6) is 3.02. The predicted molar refractivity (Wildman–Crippen MR) is 144 cm³/mol. The first-order valence-corrected chi connectivity index (χ1v) is 14.9. The van der Waals surface area contributed by atoms with Gasteiger partial charge < -0.3 is 15.5 Å². The Bertz CT molecular complexity index is 1140. The fourth-order valence-corrected chi connectivity index (χ4v) is 9.84. The van der Waals surface area contributed by atoms with Crippen molar-refractivity contribution in [2.24, 2.45) is 23.2 Å². The molecule has 1 aromatic carbocycles. The van der Waals surface area contributed by atoms with E-state index in [0.717, 1.165) is 80.0 Å². The van der Waals surface area contributed by atoms with Crippen LogP contribution in [0, 0.1) is 23.2 Å². The number of nitrogens with two attached hydrogens (primary N) is 1. The number of piperidine rings is 1. The zero-order valence-electron chi connectivity index (χ0n) is 21.2. The van der Waals surface area contributed by atoms with Gasteiger partial charge in [-0.3, -0.25) is 14.5 Å². The van der Waals surface area contributed by atoms with Crippen LogP contribution < -0.4 is 5.73 Å². The maximum atomic E-state index is 13.7. The molecule has 2 N–H and O–H groups in total. The molecule has 0 spiro atoms. The van der Waals surface area contributed by atoms with Crippen LogP contribution in [0.25, 0.3) is 10.1 Å². The number of piperazine rings is 1. The third-order valence-electron chi connectivity index (χ3n) is 10.2. The molecule has 6 nitrogen and oxygen atoms in total. The number of carbonyl (C=O) groups is 2. The zero-order valence-corrected chi connectivity index (χ0v) is 22.0. The van der Waals surface area contributed by atoms with Gasteiger partial charge in [0.2, 0.25) is 5.91 Å². The number of benzene rings is 1. The zero-order chi connectivity index (χ0) is 24.4. The van der Waals surface area contributed by atoms with Gasteiger partial charge >= 0.3 is 0 Å². The lowest BCUT2D eigenvalue weighted by Crippen LogP contribution is -2.58. The van der Waals surface area contributed by atoms with Crippen molar-refractivity contribution in [3.8, 4) is 0 Å². The lowest BCUT2D eigenvalue weighted by atomic mass is 9.49. The van der Waals surface area contributed by atoms with Crippen LogP contribution in [0.3, 0.4) is 0 Å². The highest BCUT2D eigenvalue weighted by molar-refractivity contribution is 7.23. The molecule has 192 valence electrons. The first-order valence-electron chi connectivity index (χ1n) is 14.1. The van der Waals surface area contributed by atoms with Gasteiger partial charge in [-0.25, -0.2) is 0 Å². The number of carbonyl (C=O) groups excluding carboxylic acids is 2. The summed E-state index contributed by atoms with van der Waals surface area (Å²) in [6.45, 7) is 5.11. The van der Waals surface area contributed by atoms with Gasteiger partial charge in [0.15, 0.2) is 0 Å². The summed E-state index contributed by atoms with van der Waals surface area (Å²) in [5, 5.41) is 1.60. The molecule has 1 aromatic heterocycles. The third-order valence-corrected chi connectivity index (χ3v) is 11.2. The topological polar surface area (TPSA) is 69.9 Å². The van der Waals surface area contributed by atoms with E-state index in [2.05, 4.69) is 9.80 Å². The van der Waals surface area contributed by atoms with E-state index in [0.29, 0.717) is 22.5 Å². The van der Waals surface area contributed by atoms with Crippen molar-refractivity contribution in [1.82, 2.24) is 14.7 Å². The summed E-state index contributed by atoms with van der Waals surface area (Å²) in [7, 11) is 0. The van der Waals surface area contributed by atoms with E-state index in [1.54, 1.807) is 0 Å². The van der Waals surface area contributed by atoms with Gasteiger partial charge in [-0.2, -0.15) is 0 Å². The van der Waals surface area contributed by atoms with Crippen molar-refractivity contribution in [2.75, 3.05) is 45.0 Å². The second-order valence-electron chi connectivity index (χ2n) is 12.4. The number of hydrogen-bond acceptors (Lipinski definition) is 5. The fraction of sp³-hybridized carbons (Fsp3) is 0.655. The van der Waals surface area contributed by atoms with Crippen molar-refractivity contribution in [3.63, 3.8) is 0 Å². The SMILES string of the molecule is Nc1sc2ccccc2c1C(=O)N1CCN(C2CCN(C(=O)C34CC5CC(CC(C5)C3)C4)CC2)CC1. The Labute approximate surface area is 217 Å². The van der Waals surface area contributed by atoms with E-state index in [9.17, 15) is 9.59 Å². The summed E-state index contributed by atoms with van der Waals surface area (Å²) in [6.07, 6.45) is 9.78. The van der Waals surface area contributed by atoms with E-state index >= 15 is 0 Å². The van der Waals surface area contributed by atoms with Crippen LogP contribution >= 0.6 is 11.3 Å². The minimum Gasteiger partial charge on any atom is -0.390 e. The molecule has 4 bridgehead atoms. The predicted octanol–water partition coefficient (Wildman–Crippen LogP) is 4.45. The summed E-state index contributed by atoms with van der Waals surface area (Å²) in [4.78, 5) is 33.9. The molecule has 2 saturated heterocycles. The molecule has 6 fully saturated rings. The molecule has 2 aliphatic heterocycles. The molecule has 2 amide bonds. The average molecular weight is 507 g/mol. The van der Waals surface area contributed by atoms with Crippen LogP contribution in [0.1, 0.15) is 61.7 Å². The number of likely N-dealkylation sites (tertiary alicyclic amines) is 1. The van der Waals surface area contributed by atoms with Gasteiger partial charge in [-0.15, -0.1) is 11.3 Å². The second kappa shape index (κ2) is 8.73. The highest BCUT2D eigenvalue weighted by Gasteiger charge is 2.55. The Morgan fingerprint density at radius 3 is 2.08 bits per heavy atom. The lowest BCUT2D eigenvalue weighted by Gasteiger charge is -2.57. The third kappa shape index (κ3) is 3.76. The number of fused-ring (bicyclic) bond motifs is 1. The van der Waals surface area contributed by atoms with Gasteiger partial charge in [0.25, 0.3) is 5.91 Å². The summed E-state index contributed by atoms with van der Waals surface area (Å²) in [5.41, 5.74) is 6.93. The quantitative estimate of drug-likeness (QED) is 0.668. The molecule has 0 atom stereocenters. The monoisotopic (exact) mass is 506 g/mol. The van der Waals surface area contributed by atoms with Gasteiger partial charge in [0, 0.05) is 55.4 Å². The van der Waals surface area contributed by atoms with E-state index < -0.39 is 0 Å². The van der Waals surface area contributed by atoms with Gasteiger partial charge in [-0.05, 0) is 75.2 Å². The Kier molecular flexibility index (Phi) is 5.58. The minimum atomic E-state index is -0.0127. The van der Waals surface area contributed by atoms with Crippen LogP contribution in [0.15, 0.2) is 24.3 Å². The number of anilines is 1. The van der Waals surface area contributed by atoms with Crippen LogP contribution in [-0.4, -0.2) is 71.8 Å². The molecule has 4 aliphatic carbocycles. The number of thiophene rings is 1. The van der Waals surface area contributed by atoms with Crippen LogP contribution in [0.5, 0.6) is 0 Å². The van der Waals surface area contributed by atoms with Crippen LogP contribution in [0.4, 0.5) is 5.00 Å². The molecule has 0 radical (unpaired) electrons. The van der Waals surface area contributed by atoms with E-state index in [1.807, 2.05) is 29.2 Å². The second-order valence-corrected chi connectivity index (χ2v) is 13.5. The summed E-state index contributed by atoms with van der Waals surface area (Å²) in [6, 6.07) is 8.53.